The van der Waals surface area contributed by atoms with Crippen LogP contribution in [0.3, 0.4) is 0 Å². The molecule has 8 heteroatoms. The average molecular weight is 374 g/mol. The monoisotopic (exact) mass is 373 g/mol. The number of aliphatic hydroxyl groups is 1. The summed E-state index contributed by atoms with van der Waals surface area (Å²) < 4.78 is 3.65. The molecule has 7 nitrogen and oxygen atoms in total. The Morgan fingerprint density at radius 1 is 1.35 bits per heavy atom. The van der Waals surface area contributed by atoms with Gasteiger partial charge in [0.1, 0.15) is 11.3 Å². The third kappa shape index (κ3) is 3.08. The molecular formula is C18H20ClN5O2. The van der Waals surface area contributed by atoms with Crippen molar-refractivity contribution in [2.45, 2.75) is 39.0 Å². The summed E-state index contributed by atoms with van der Waals surface area (Å²) in [5, 5.41) is 15.1. The molecule has 1 N–H and O–H groups in total. The van der Waals surface area contributed by atoms with Gasteiger partial charge in [-0.15, -0.1) is 0 Å². The molecule has 3 aromatic rings. The standard InChI is InChI=1S/C18H20ClN5O2/c1-2-16(25)14-8-13-10-22(6-3-7-24(13)21-14)18(26)15-11-23-9-12(19)4-5-17(23)20-15/h4-5,8-9,11,16,25H,2-3,6-7,10H2,1H3. The first-order valence-electron chi connectivity index (χ1n) is 8.73. The van der Waals surface area contributed by atoms with E-state index in [1.165, 1.54) is 0 Å². The van der Waals surface area contributed by atoms with Gasteiger partial charge < -0.3 is 14.4 Å². The van der Waals surface area contributed by atoms with Gasteiger partial charge in [-0.2, -0.15) is 5.10 Å². The first-order valence-corrected chi connectivity index (χ1v) is 9.11. The number of pyridine rings is 1. The van der Waals surface area contributed by atoms with E-state index in [1.54, 1.807) is 33.8 Å². The third-order valence-corrected chi connectivity index (χ3v) is 4.91. The van der Waals surface area contributed by atoms with Gasteiger partial charge in [-0.1, -0.05) is 18.5 Å². The first-order chi connectivity index (χ1) is 12.5. The smallest absolute Gasteiger partial charge is 0.274 e. The highest BCUT2D eigenvalue weighted by Gasteiger charge is 2.24. The number of aromatic nitrogens is 4. The van der Waals surface area contributed by atoms with Crippen LogP contribution in [0.5, 0.6) is 0 Å². The summed E-state index contributed by atoms with van der Waals surface area (Å²) in [6.07, 6.45) is 4.29. The Balaban J connectivity index is 1.60. The van der Waals surface area contributed by atoms with Crippen molar-refractivity contribution < 1.29 is 9.90 Å². The van der Waals surface area contributed by atoms with E-state index in [2.05, 4.69) is 10.1 Å². The van der Waals surface area contributed by atoms with Crippen molar-refractivity contribution in [2.24, 2.45) is 0 Å². The number of hydrogen-bond acceptors (Lipinski definition) is 4. The van der Waals surface area contributed by atoms with Crippen LogP contribution in [0.25, 0.3) is 5.65 Å². The molecule has 136 valence electrons. The fourth-order valence-electron chi connectivity index (χ4n) is 3.26. The first kappa shape index (κ1) is 17.1. The highest BCUT2D eigenvalue weighted by Crippen LogP contribution is 2.21. The van der Waals surface area contributed by atoms with Gasteiger partial charge in [0.25, 0.3) is 5.91 Å². The molecule has 0 saturated heterocycles. The summed E-state index contributed by atoms with van der Waals surface area (Å²) in [6.45, 7) is 3.75. The minimum absolute atomic E-state index is 0.114. The summed E-state index contributed by atoms with van der Waals surface area (Å²) in [5.74, 6) is -0.114. The van der Waals surface area contributed by atoms with E-state index in [1.807, 2.05) is 17.7 Å². The lowest BCUT2D eigenvalue weighted by atomic mass is 10.2. The maximum atomic E-state index is 13.0. The summed E-state index contributed by atoms with van der Waals surface area (Å²) in [5.41, 5.74) is 2.68. The van der Waals surface area contributed by atoms with Crippen LogP contribution in [0.1, 0.15) is 47.7 Å². The minimum Gasteiger partial charge on any atom is -0.387 e. The average Bonchev–Trinajstić information content (AvgIpc) is 3.18. The molecule has 1 aliphatic heterocycles. The fourth-order valence-corrected chi connectivity index (χ4v) is 3.43. The predicted octanol–water partition coefficient (Wildman–Crippen LogP) is 2.67. The molecule has 4 rings (SSSR count). The fraction of sp³-hybridized carbons (Fsp3) is 0.389. The Morgan fingerprint density at radius 2 is 2.19 bits per heavy atom. The Bertz CT molecular complexity index is 964. The van der Waals surface area contributed by atoms with E-state index in [4.69, 9.17) is 11.6 Å². The zero-order chi connectivity index (χ0) is 18.3. The number of halogens is 1. The molecule has 1 atom stereocenters. The molecular weight excluding hydrogens is 354 g/mol. The van der Waals surface area contributed by atoms with E-state index in [0.717, 1.165) is 18.7 Å². The van der Waals surface area contributed by atoms with Crippen molar-refractivity contribution in [2.75, 3.05) is 6.54 Å². The molecule has 1 amide bonds. The van der Waals surface area contributed by atoms with Crippen LogP contribution in [0.4, 0.5) is 0 Å². The predicted molar refractivity (Wildman–Crippen MR) is 97.0 cm³/mol. The summed E-state index contributed by atoms with van der Waals surface area (Å²) >= 11 is 6.00. The number of hydrogen-bond donors (Lipinski definition) is 1. The van der Waals surface area contributed by atoms with E-state index >= 15 is 0 Å². The van der Waals surface area contributed by atoms with Gasteiger partial charge in [0.05, 0.1) is 29.1 Å². The molecule has 1 unspecified atom stereocenters. The maximum absolute atomic E-state index is 13.0. The zero-order valence-corrected chi connectivity index (χ0v) is 15.2. The van der Waals surface area contributed by atoms with Gasteiger partial charge in [-0.05, 0) is 31.0 Å². The van der Waals surface area contributed by atoms with E-state index in [-0.39, 0.29) is 5.91 Å². The number of aliphatic hydroxyl groups excluding tert-OH is 1. The Kier molecular flexibility index (Phi) is 4.42. The number of fused-ring (bicyclic) bond motifs is 2. The minimum atomic E-state index is -0.568. The molecule has 0 radical (unpaired) electrons. The second kappa shape index (κ2) is 6.74. The van der Waals surface area contributed by atoms with E-state index < -0.39 is 6.10 Å². The van der Waals surface area contributed by atoms with Gasteiger partial charge in [0.15, 0.2) is 0 Å². The van der Waals surface area contributed by atoms with Gasteiger partial charge in [0.2, 0.25) is 0 Å². The number of rotatable bonds is 3. The van der Waals surface area contributed by atoms with Crippen molar-refractivity contribution in [3.63, 3.8) is 0 Å². The number of imidazole rings is 1. The third-order valence-electron chi connectivity index (χ3n) is 4.68. The van der Waals surface area contributed by atoms with Crippen molar-refractivity contribution in [1.82, 2.24) is 24.1 Å². The van der Waals surface area contributed by atoms with Crippen molar-refractivity contribution in [3.8, 4) is 0 Å². The Hall–Kier alpha value is -2.38. The van der Waals surface area contributed by atoms with Gasteiger partial charge in [0, 0.05) is 25.5 Å². The molecule has 0 aliphatic carbocycles. The maximum Gasteiger partial charge on any atom is 0.274 e. The van der Waals surface area contributed by atoms with Crippen LogP contribution in [0.15, 0.2) is 30.6 Å². The Morgan fingerprint density at radius 3 is 3.00 bits per heavy atom. The van der Waals surface area contributed by atoms with Crippen LogP contribution < -0.4 is 0 Å². The molecule has 26 heavy (non-hydrogen) atoms. The largest absolute Gasteiger partial charge is 0.387 e. The molecule has 0 bridgehead atoms. The van der Waals surface area contributed by atoms with E-state index in [9.17, 15) is 9.90 Å². The second-order valence-corrected chi connectivity index (χ2v) is 6.96. The lowest BCUT2D eigenvalue weighted by molar-refractivity contribution is 0.0740. The van der Waals surface area contributed by atoms with Crippen molar-refractivity contribution in [3.05, 3.63) is 52.7 Å². The SMILES string of the molecule is CCC(O)c1cc2n(n1)CCCN(C(=O)c1cn3cc(Cl)ccc3n1)C2. The summed E-state index contributed by atoms with van der Waals surface area (Å²) in [4.78, 5) is 19.1. The topological polar surface area (TPSA) is 75.7 Å². The number of nitrogens with zero attached hydrogens (tertiary/aromatic N) is 5. The number of amides is 1. The lowest BCUT2D eigenvalue weighted by Gasteiger charge is -2.18. The summed E-state index contributed by atoms with van der Waals surface area (Å²) in [6, 6.07) is 5.43. The molecule has 3 aromatic heterocycles. The highest BCUT2D eigenvalue weighted by molar-refractivity contribution is 6.30. The van der Waals surface area contributed by atoms with Crippen molar-refractivity contribution in [1.29, 1.82) is 0 Å². The quantitative estimate of drug-likeness (QED) is 0.765. The molecule has 0 spiro atoms. The molecule has 0 saturated carbocycles. The lowest BCUT2D eigenvalue weighted by Crippen LogP contribution is -2.31. The molecule has 0 fully saturated rings. The Labute approximate surface area is 155 Å². The van der Waals surface area contributed by atoms with Gasteiger partial charge in [-0.25, -0.2) is 4.98 Å². The number of carbonyl (C=O) groups is 1. The van der Waals surface area contributed by atoms with Gasteiger partial charge >= 0.3 is 0 Å². The second-order valence-electron chi connectivity index (χ2n) is 6.53. The molecule has 1 aliphatic rings. The normalized spacial score (nSPS) is 15.7. The molecule has 4 heterocycles. The number of aryl methyl sites for hydroxylation is 1. The van der Waals surface area contributed by atoms with Crippen LogP contribution in [-0.2, 0) is 13.1 Å². The van der Waals surface area contributed by atoms with Gasteiger partial charge in [-0.3, -0.25) is 9.48 Å². The van der Waals surface area contributed by atoms with Crippen LogP contribution in [0, 0.1) is 0 Å². The van der Waals surface area contributed by atoms with Crippen LogP contribution in [-0.4, -0.2) is 41.6 Å². The van der Waals surface area contributed by atoms with Crippen molar-refractivity contribution >= 4 is 23.2 Å². The zero-order valence-electron chi connectivity index (χ0n) is 14.5. The van der Waals surface area contributed by atoms with Crippen LogP contribution in [0.2, 0.25) is 5.02 Å². The summed E-state index contributed by atoms with van der Waals surface area (Å²) in [7, 11) is 0. The highest BCUT2D eigenvalue weighted by atomic mass is 35.5. The van der Waals surface area contributed by atoms with E-state index in [0.29, 0.717) is 41.6 Å². The number of carbonyl (C=O) groups excluding carboxylic acids is 1. The van der Waals surface area contributed by atoms with Crippen LogP contribution >= 0.6 is 11.6 Å². The molecule has 0 aromatic carbocycles.